The summed E-state index contributed by atoms with van der Waals surface area (Å²) in [5, 5.41) is 0.479. The quantitative estimate of drug-likeness (QED) is 0.369. The molecule has 4 rings (SSSR count). The van der Waals surface area contributed by atoms with E-state index in [1.807, 2.05) is 12.1 Å². The Kier molecular flexibility index (Phi) is 6.40. The van der Waals surface area contributed by atoms with Crippen LogP contribution in [0.25, 0.3) is 0 Å². The van der Waals surface area contributed by atoms with Crippen molar-refractivity contribution < 1.29 is 27.5 Å². The molecule has 0 bridgehead atoms. The predicted octanol–water partition coefficient (Wildman–Crippen LogP) is 4.14. The number of halogens is 1. The third kappa shape index (κ3) is 4.58. The maximum atomic E-state index is 13.3. The minimum absolute atomic E-state index is 0.0732. The molecule has 170 valence electrons. The first-order valence-corrected chi connectivity index (χ1v) is 11.9. The average Bonchev–Trinajstić information content (AvgIpc) is 3.27. The number of ketones is 1. The van der Waals surface area contributed by atoms with Gasteiger partial charge in [-0.1, -0.05) is 29.8 Å². The van der Waals surface area contributed by atoms with Crippen LogP contribution in [0.5, 0.6) is 5.75 Å². The number of Topliss-reactive ketones (excluding diaryl/α,β-unsaturated/α-hetero) is 1. The Bertz CT molecular complexity index is 1320. The van der Waals surface area contributed by atoms with Crippen molar-refractivity contribution in [3.05, 3.63) is 88.4 Å². The number of carbonyl (C=O) groups is 2. The smallest absolute Gasteiger partial charge is 0.342 e. The van der Waals surface area contributed by atoms with E-state index < -0.39 is 28.4 Å². The number of ether oxygens (including phenoxy) is 2. The molecule has 7 nitrogen and oxygen atoms in total. The first-order valence-electron chi connectivity index (χ1n) is 10.1. The van der Waals surface area contributed by atoms with Crippen molar-refractivity contribution in [2.75, 3.05) is 24.6 Å². The summed E-state index contributed by atoms with van der Waals surface area (Å²) in [7, 11) is -2.56. The van der Waals surface area contributed by atoms with Crippen LogP contribution in [-0.4, -0.2) is 40.4 Å². The van der Waals surface area contributed by atoms with Crippen LogP contribution in [0.2, 0.25) is 5.02 Å². The van der Waals surface area contributed by atoms with Gasteiger partial charge >= 0.3 is 5.97 Å². The number of carbonyl (C=O) groups excluding carboxylic acids is 2. The molecule has 1 heterocycles. The lowest BCUT2D eigenvalue weighted by Crippen LogP contribution is -2.29. The van der Waals surface area contributed by atoms with Gasteiger partial charge in [0.15, 0.2) is 12.4 Å². The normalized spacial score (nSPS) is 12.8. The highest BCUT2D eigenvalue weighted by Crippen LogP contribution is 2.34. The van der Waals surface area contributed by atoms with Gasteiger partial charge < -0.3 is 9.47 Å². The van der Waals surface area contributed by atoms with Crippen LogP contribution in [-0.2, 0) is 21.2 Å². The first-order chi connectivity index (χ1) is 15.8. The van der Waals surface area contributed by atoms with Crippen LogP contribution in [0.15, 0.2) is 71.6 Å². The molecule has 1 aliphatic rings. The van der Waals surface area contributed by atoms with Crippen molar-refractivity contribution in [2.24, 2.45) is 0 Å². The highest BCUT2D eigenvalue weighted by molar-refractivity contribution is 7.92. The Labute approximate surface area is 196 Å². The molecule has 0 N–H and O–H groups in total. The number of fused-ring (bicyclic) bond motifs is 1. The van der Waals surface area contributed by atoms with Gasteiger partial charge in [-0.05, 0) is 60.5 Å². The van der Waals surface area contributed by atoms with E-state index in [1.165, 1.54) is 41.7 Å². The van der Waals surface area contributed by atoms with E-state index in [0.717, 1.165) is 5.56 Å². The molecule has 0 fully saturated rings. The molecule has 0 saturated heterocycles. The highest BCUT2D eigenvalue weighted by Gasteiger charge is 2.32. The van der Waals surface area contributed by atoms with Crippen LogP contribution in [0.4, 0.5) is 5.69 Å². The van der Waals surface area contributed by atoms with Crippen molar-refractivity contribution >= 4 is 39.1 Å². The van der Waals surface area contributed by atoms with Gasteiger partial charge in [-0.15, -0.1) is 0 Å². The molecule has 0 saturated carbocycles. The summed E-state index contributed by atoms with van der Waals surface area (Å²) in [4.78, 5) is 25.0. The second-order valence-electron chi connectivity index (χ2n) is 7.32. The minimum atomic E-state index is -3.92. The number of para-hydroxylation sites is 1. The molecule has 0 aliphatic carbocycles. The Morgan fingerprint density at radius 3 is 2.48 bits per heavy atom. The molecule has 0 amide bonds. The maximum absolute atomic E-state index is 13.3. The molecule has 1 aliphatic heterocycles. The fourth-order valence-electron chi connectivity index (χ4n) is 3.62. The van der Waals surface area contributed by atoms with Crippen molar-refractivity contribution in [1.82, 2.24) is 0 Å². The summed E-state index contributed by atoms with van der Waals surface area (Å²) in [5.74, 6) is -1.15. The molecule has 0 aromatic heterocycles. The fourth-order valence-corrected chi connectivity index (χ4v) is 5.28. The van der Waals surface area contributed by atoms with E-state index in [1.54, 1.807) is 24.3 Å². The van der Waals surface area contributed by atoms with Gasteiger partial charge in [0.1, 0.15) is 11.3 Å². The monoisotopic (exact) mass is 485 g/mol. The standard InChI is InChI=1S/C24H20ClNO6S/c1-31-23-11-10-19(33(29,30)26-13-12-16-4-2-3-5-21(16)26)14-20(23)24(28)32-15-22(27)17-6-8-18(25)9-7-17/h2-11,14H,12-13,15H2,1H3. The van der Waals surface area contributed by atoms with Crippen LogP contribution in [0.3, 0.4) is 0 Å². The van der Waals surface area contributed by atoms with Gasteiger partial charge in [0.2, 0.25) is 0 Å². The van der Waals surface area contributed by atoms with Crippen LogP contribution in [0.1, 0.15) is 26.3 Å². The van der Waals surface area contributed by atoms with E-state index in [-0.39, 0.29) is 16.2 Å². The number of hydrogen-bond donors (Lipinski definition) is 0. The van der Waals surface area contributed by atoms with Crippen molar-refractivity contribution in [3.63, 3.8) is 0 Å². The second-order valence-corrected chi connectivity index (χ2v) is 9.62. The average molecular weight is 486 g/mol. The molecule has 3 aromatic carbocycles. The number of benzene rings is 3. The summed E-state index contributed by atoms with van der Waals surface area (Å²) in [6.07, 6.45) is 0.604. The summed E-state index contributed by atoms with van der Waals surface area (Å²) >= 11 is 5.82. The number of hydrogen-bond acceptors (Lipinski definition) is 6. The van der Waals surface area contributed by atoms with Gasteiger partial charge in [0, 0.05) is 17.1 Å². The van der Waals surface area contributed by atoms with Gasteiger partial charge in [-0.25, -0.2) is 13.2 Å². The van der Waals surface area contributed by atoms with Crippen molar-refractivity contribution in [3.8, 4) is 5.75 Å². The molecule has 0 spiro atoms. The zero-order chi connectivity index (χ0) is 23.6. The predicted molar refractivity (Wildman–Crippen MR) is 124 cm³/mol. The van der Waals surface area contributed by atoms with Crippen LogP contribution < -0.4 is 9.04 Å². The van der Waals surface area contributed by atoms with Gasteiger partial charge in [0.05, 0.1) is 17.7 Å². The highest BCUT2D eigenvalue weighted by atomic mass is 35.5. The molecular weight excluding hydrogens is 466 g/mol. The van der Waals surface area contributed by atoms with Gasteiger partial charge in [-0.2, -0.15) is 0 Å². The topological polar surface area (TPSA) is 90.0 Å². The van der Waals surface area contributed by atoms with E-state index in [9.17, 15) is 18.0 Å². The number of anilines is 1. The van der Waals surface area contributed by atoms with Crippen molar-refractivity contribution in [2.45, 2.75) is 11.3 Å². The SMILES string of the molecule is COc1ccc(S(=O)(=O)N2CCc3ccccc32)cc1C(=O)OCC(=O)c1ccc(Cl)cc1. The van der Waals surface area contributed by atoms with Crippen LogP contribution >= 0.6 is 11.6 Å². The van der Waals surface area contributed by atoms with Crippen molar-refractivity contribution in [1.29, 1.82) is 0 Å². The maximum Gasteiger partial charge on any atom is 0.342 e. The summed E-state index contributed by atoms with van der Waals surface area (Å²) < 4.78 is 38.3. The Balaban J connectivity index is 1.57. The molecule has 3 aromatic rings. The van der Waals surface area contributed by atoms with Crippen LogP contribution in [0, 0.1) is 0 Å². The largest absolute Gasteiger partial charge is 0.496 e. The number of esters is 1. The second kappa shape index (κ2) is 9.25. The Morgan fingerprint density at radius 2 is 1.76 bits per heavy atom. The lowest BCUT2D eigenvalue weighted by molar-refractivity contribution is 0.0471. The number of nitrogens with zero attached hydrogens (tertiary/aromatic N) is 1. The van der Waals surface area contributed by atoms with E-state index in [4.69, 9.17) is 21.1 Å². The molecule has 0 radical (unpaired) electrons. The summed E-state index contributed by atoms with van der Waals surface area (Å²) in [5.41, 5.74) is 1.80. The summed E-state index contributed by atoms with van der Waals surface area (Å²) in [6.45, 7) is -0.205. The van der Waals surface area contributed by atoms with E-state index >= 15 is 0 Å². The van der Waals surface area contributed by atoms with E-state index in [0.29, 0.717) is 29.2 Å². The lowest BCUT2D eigenvalue weighted by atomic mass is 10.1. The number of rotatable bonds is 7. The first kappa shape index (κ1) is 22.8. The zero-order valence-corrected chi connectivity index (χ0v) is 19.2. The molecule has 0 atom stereocenters. The Morgan fingerprint density at radius 1 is 1.03 bits per heavy atom. The van der Waals surface area contributed by atoms with Gasteiger partial charge in [-0.3, -0.25) is 9.10 Å². The zero-order valence-electron chi connectivity index (χ0n) is 17.7. The number of methoxy groups -OCH3 is 1. The van der Waals surface area contributed by atoms with Gasteiger partial charge in [0.25, 0.3) is 10.0 Å². The minimum Gasteiger partial charge on any atom is -0.496 e. The third-order valence-electron chi connectivity index (χ3n) is 5.32. The molecule has 9 heteroatoms. The third-order valence-corrected chi connectivity index (χ3v) is 7.39. The summed E-state index contributed by atoms with van der Waals surface area (Å²) in [6, 6.07) is 17.4. The Hall–Kier alpha value is -3.36. The molecular formula is C24H20ClNO6S. The number of sulfonamides is 1. The van der Waals surface area contributed by atoms with E-state index in [2.05, 4.69) is 0 Å². The lowest BCUT2D eigenvalue weighted by Gasteiger charge is -2.20. The fraction of sp³-hybridized carbons (Fsp3) is 0.167. The molecule has 0 unspecified atom stereocenters. The molecule has 33 heavy (non-hydrogen) atoms.